The number of hydrogen-bond donors (Lipinski definition) is 0. The molecule has 22 heavy (non-hydrogen) atoms. The second-order valence-corrected chi connectivity index (χ2v) is 6.93. The predicted molar refractivity (Wildman–Crippen MR) is 99.6 cm³/mol. The predicted octanol–water partition coefficient (Wildman–Crippen LogP) is 6.55. The molecule has 0 N–H and O–H groups in total. The van der Waals surface area contributed by atoms with Crippen LogP contribution in [0.2, 0.25) is 5.02 Å². The average Bonchev–Trinajstić information content (AvgIpc) is 2.55. The third-order valence-corrected chi connectivity index (χ3v) is 4.97. The summed E-state index contributed by atoms with van der Waals surface area (Å²) in [5, 5.41) is 0.732. The van der Waals surface area contributed by atoms with Gasteiger partial charge < -0.3 is 0 Å². The van der Waals surface area contributed by atoms with Gasteiger partial charge in [-0.05, 0) is 36.6 Å². The number of pyridine rings is 1. The van der Waals surface area contributed by atoms with Crippen LogP contribution in [0, 0.1) is 0 Å². The molecule has 4 heteroatoms. The van der Waals surface area contributed by atoms with Crippen LogP contribution in [0.5, 0.6) is 0 Å². The Labute approximate surface area is 147 Å². The van der Waals surface area contributed by atoms with Crippen molar-refractivity contribution in [3.63, 3.8) is 0 Å². The third kappa shape index (κ3) is 3.37. The fourth-order valence-electron chi connectivity index (χ4n) is 2.20. The van der Waals surface area contributed by atoms with Crippen LogP contribution < -0.4 is 0 Å². The van der Waals surface area contributed by atoms with E-state index >= 15 is 0 Å². The molecule has 0 saturated carbocycles. The van der Waals surface area contributed by atoms with Crippen LogP contribution in [0.15, 0.2) is 70.0 Å². The largest absolute Gasteiger partial charge is 0.248 e. The molecule has 0 unspecified atom stereocenters. The number of aromatic nitrogens is 1. The number of hydrogen-bond acceptors (Lipinski definition) is 2. The molecule has 0 saturated heterocycles. The van der Waals surface area contributed by atoms with Gasteiger partial charge in [0.2, 0.25) is 0 Å². The molecule has 0 atom stereocenters. The van der Waals surface area contributed by atoms with Crippen molar-refractivity contribution in [2.24, 2.45) is 0 Å². The molecule has 1 heterocycles. The standard InChI is InChI=1S/C18H13BrClNS/c1-22-14-10-17(12-6-8-13(20)9-7-12)21-18(11-14)15-4-2-3-5-16(15)19/h2-11H,1H3. The molecule has 0 amide bonds. The lowest BCUT2D eigenvalue weighted by Gasteiger charge is -2.09. The van der Waals surface area contributed by atoms with Crippen LogP contribution in [0.3, 0.4) is 0 Å². The average molecular weight is 391 g/mol. The molecule has 0 radical (unpaired) electrons. The zero-order valence-electron chi connectivity index (χ0n) is 11.9. The topological polar surface area (TPSA) is 12.9 Å². The van der Waals surface area contributed by atoms with Crippen molar-refractivity contribution in [3.8, 4) is 22.5 Å². The maximum Gasteiger partial charge on any atom is 0.0732 e. The van der Waals surface area contributed by atoms with E-state index in [-0.39, 0.29) is 0 Å². The second-order valence-electron chi connectivity index (χ2n) is 4.76. The molecule has 0 aliphatic carbocycles. The van der Waals surface area contributed by atoms with E-state index in [1.54, 1.807) is 11.8 Å². The zero-order valence-corrected chi connectivity index (χ0v) is 15.0. The fraction of sp³-hybridized carbons (Fsp3) is 0.0556. The number of halogens is 2. The van der Waals surface area contributed by atoms with Gasteiger partial charge in [-0.15, -0.1) is 11.8 Å². The molecule has 0 aliphatic rings. The maximum absolute atomic E-state index is 5.97. The summed E-state index contributed by atoms with van der Waals surface area (Å²) in [5.41, 5.74) is 4.07. The molecule has 2 aromatic carbocycles. The monoisotopic (exact) mass is 389 g/mol. The lowest BCUT2D eigenvalue weighted by molar-refractivity contribution is 1.26. The Morgan fingerprint density at radius 1 is 0.955 bits per heavy atom. The minimum atomic E-state index is 0.732. The highest BCUT2D eigenvalue weighted by Gasteiger charge is 2.09. The Kier molecular flexibility index (Phi) is 4.87. The first-order valence-corrected chi connectivity index (χ1v) is 9.14. The maximum atomic E-state index is 5.97. The molecule has 0 fully saturated rings. The zero-order chi connectivity index (χ0) is 15.5. The molecular formula is C18H13BrClNS. The van der Waals surface area contributed by atoms with Gasteiger partial charge in [-0.1, -0.05) is 57.9 Å². The van der Waals surface area contributed by atoms with E-state index in [0.29, 0.717) is 0 Å². The molecule has 0 spiro atoms. The Bertz CT molecular complexity index is 802. The SMILES string of the molecule is CSc1cc(-c2ccc(Cl)cc2)nc(-c2ccccc2Br)c1. The van der Waals surface area contributed by atoms with Gasteiger partial charge in [0.1, 0.15) is 0 Å². The van der Waals surface area contributed by atoms with E-state index in [9.17, 15) is 0 Å². The van der Waals surface area contributed by atoms with E-state index in [0.717, 1.165) is 32.0 Å². The van der Waals surface area contributed by atoms with Gasteiger partial charge in [0.15, 0.2) is 0 Å². The van der Waals surface area contributed by atoms with Crippen molar-refractivity contribution >= 4 is 39.3 Å². The number of rotatable bonds is 3. The molecule has 0 aliphatic heterocycles. The van der Waals surface area contributed by atoms with Gasteiger partial charge in [0.05, 0.1) is 11.4 Å². The quantitative estimate of drug-likeness (QED) is 0.470. The molecule has 3 aromatic rings. The van der Waals surface area contributed by atoms with Crippen molar-refractivity contribution in [2.75, 3.05) is 6.26 Å². The molecule has 110 valence electrons. The highest BCUT2D eigenvalue weighted by atomic mass is 79.9. The summed E-state index contributed by atoms with van der Waals surface area (Å²) in [6.45, 7) is 0. The van der Waals surface area contributed by atoms with Gasteiger partial charge in [-0.2, -0.15) is 0 Å². The minimum absolute atomic E-state index is 0.732. The van der Waals surface area contributed by atoms with Crippen molar-refractivity contribution < 1.29 is 0 Å². The number of benzene rings is 2. The lowest BCUT2D eigenvalue weighted by Crippen LogP contribution is -1.90. The van der Waals surface area contributed by atoms with Crippen LogP contribution >= 0.6 is 39.3 Å². The van der Waals surface area contributed by atoms with Crippen LogP contribution in [0.1, 0.15) is 0 Å². The lowest BCUT2D eigenvalue weighted by atomic mass is 10.1. The van der Waals surface area contributed by atoms with Crippen molar-refractivity contribution in [2.45, 2.75) is 4.90 Å². The summed E-state index contributed by atoms with van der Waals surface area (Å²) >= 11 is 11.3. The van der Waals surface area contributed by atoms with Crippen molar-refractivity contribution in [1.82, 2.24) is 4.98 Å². The molecule has 1 nitrogen and oxygen atoms in total. The summed E-state index contributed by atoms with van der Waals surface area (Å²) in [6.07, 6.45) is 2.07. The Balaban J connectivity index is 2.15. The van der Waals surface area contributed by atoms with E-state index in [4.69, 9.17) is 16.6 Å². The summed E-state index contributed by atoms with van der Waals surface area (Å²) in [7, 11) is 0. The van der Waals surface area contributed by atoms with Gasteiger partial charge >= 0.3 is 0 Å². The molecule has 1 aromatic heterocycles. The number of nitrogens with zero attached hydrogens (tertiary/aromatic N) is 1. The normalized spacial score (nSPS) is 10.7. The van der Waals surface area contributed by atoms with Gasteiger partial charge in [0.25, 0.3) is 0 Å². The van der Waals surface area contributed by atoms with Gasteiger partial charge in [0, 0.05) is 25.5 Å². The highest BCUT2D eigenvalue weighted by molar-refractivity contribution is 9.10. The summed E-state index contributed by atoms with van der Waals surface area (Å²) in [5.74, 6) is 0. The first-order valence-electron chi connectivity index (χ1n) is 6.74. The molecule has 3 rings (SSSR count). The Hall–Kier alpha value is -1.29. The Morgan fingerprint density at radius 2 is 1.64 bits per heavy atom. The van der Waals surface area contributed by atoms with E-state index in [1.807, 2.05) is 42.5 Å². The second kappa shape index (κ2) is 6.86. The van der Waals surface area contributed by atoms with Crippen LogP contribution in [0.4, 0.5) is 0 Å². The van der Waals surface area contributed by atoms with E-state index in [1.165, 1.54) is 4.90 Å². The summed E-state index contributed by atoms with van der Waals surface area (Å²) in [6, 6.07) is 20.1. The van der Waals surface area contributed by atoms with E-state index in [2.05, 4.69) is 40.4 Å². The number of thioether (sulfide) groups is 1. The smallest absolute Gasteiger partial charge is 0.0732 e. The fourth-order valence-corrected chi connectivity index (χ4v) is 3.27. The minimum Gasteiger partial charge on any atom is -0.248 e. The summed E-state index contributed by atoms with van der Waals surface area (Å²) in [4.78, 5) is 6.01. The first-order chi connectivity index (χ1) is 10.7. The van der Waals surface area contributed by atoms with Gasteiger partial charge in [-0.3, -0.25) is 0 Å². The highest BCUT2D eigenvalue weighted by Crippen LogP contribution is 2.32. The molecule has 0 bridgehead atoms. The first kappa shape index (κ1) is 15.6. The van der Waals surface area contributed by atoms with Crippen molar-refractivity contribution in [3.05, 3.63) is 70.2 Å². The van der Waals surface area contributed by atoms with Crippen molar-refractivity contribution in [1.29, 1.82) is 0 Å². The third-order valence-electron chi connectivity index (χ3n) is 3.32. The summed E-state index contributed by atoms with van der Waals surface area (Å²) < 4.78 is 1.04. The van der Waals surface area contributed by atoms with Crippen LogP contribution in [-0.4, -0.2) is 11.2 Å². The van der Waals surface area contributed by atoms with E-state index < -0.39 is 0 Å². The van der Waals surface area contributed by atoms with Gasteiger partial charge in [-0.25, -0.2) is 4.98 Å². The van der Waals surface area contributed by atoms with Crippen LogP contribution in [-0.2, 0) is 0 Å². The Morgan fingerprint density at radius 3 is 2.32 bits per heavy atom. The van der Waals surface area contributed by atoms with Crippen LogP contribution in [0.25, 0.3) is 22.5 Å². The molecular weight excluding hydrogens is 378 g/mol.